The summed E-state index contributed by atoms with van der Waals surface area (Å²) in [5.41, 5.74) is 4.44. The molecule has 0 heterocycles. The van der Waals surface area contributed by atoms with Crippen LogP contribution in [0.1, 0.15) is 17.0 Å². The van der Waals surface area contributed by atoms with Crippen LogP contribution in [-0.4, -0.2) is 66.7 Å². The number of carboxylic acid groups (broad SMARTS) is 1. The van der Waals surface area contributed by atoms with Gasteiger partial charge in [-0.3, -0.25) is 14.4 Å². The number of ether oxygens (including phenoxy) is 1. The Bertz CT molecular complexity index is 983. The molecule has 2 aromatic rings. The summed E-state index contributed by atoms with van der Waals surface area (Å²) in [6, 6.07) is 16.0. The zero-order valence-corrected chi connectivity index (χ0v) is 18.7. The number of amides is 3. The molecular weight excluding hydrogens is 446 g/mol. The smallest absolute Gasteiger partial charge is 0.407 e. The van der Waals surface area contributed by atoms with E-state index in [0.29, 0.717) is 12.3 Å². The average Bonchev–Trinajstić information content (AvgIpc) is 3.13. The fourth-order valence-corrected chi connectivity index (χ4v) is 4.09. The number of fused-ring (bicyclic) bond motifs is 3. The third-order valence-corrected chi connectivity index (χ3v) is 5.92. The number of nitrogens with one attached hydrogen (secondary N) is 3. The Morgan fingerprint density at radius 1 is 0.848 bits per heavy atom. The Kier molecular flexibility index (Phi) is 8.71. The number of carboxylic acids is 1. The van der Waals surface area contributed by atoms with E-state index in [-0.39, 0.29) is 31.4 Å². The largest absolute Gasteiger partial charge is 0.481 e. The van der Waals surface area contributed by atoms with Crippen molar-refractivity contribution in [1.29, 1.82) is 0 Å². The van der Waals surface area contributed by atoms with Crippen LogP contribution in [0.3, 0.4) is 0 Å². The first kappa shape index (κ1) is 24.1. The van der Waals surface area contributed by atoms with Gasteiger partial charge in [-0.15, -0.1) is 11.8 Å². The minimum atomic E-state index is -0.914. The van der Waals surface area contributed by atoms with Gasteiger partial charge in [-0.05, 0) is 22.3 Å². The molecule has 1 aliphatic carbocycles. The van der Waals surface area contributed by atoms with Crippen LogP contribution in [0.2, 0.25) is 0 Å². The molecule has 0 atom stereocenters. The minimum absolute atomic E-state index is 0.0336. The van der Waals surface area contributed by atoms with Crippen molar-refractivity contribution in [1.82, 2.24) is 16.0 Å². The van der Waals surface area contributed by atoms with Crippen LogP contribution in [0.25, 0.3) is 11.1 Å². The average molecular weight is 472 g/mol. The number of hydrogen-bond acceptors (Lipinski definition) is 6. The van der Waals surface area contributed by atoms with Crippen molar-refractivity contribution in [3.05, 3.63) is 59.7 Å². The Morgan fingerprint density at radius 3 is 2.06 bits per heavy atom. The second-order valence-corrected chi connectivity index (χ2v) is 8.36. The third-order valence-electron chi connectivity index (χ3n) is 4.98. The van der Waals surface area contributed by atoms with E-state index >= 15 is 0 Å². The van der Waals surface area contributed by atoms with Crippen LogP contribution in [0.4, 0.5) is 4.79 Å². The van der Waals surface area contributed by atoms with Crippen LogP contribution in [0, 0.1) is 0 Å². The molecule has 174 valence electrons. The van der Waals surface area contributed by atoms with E-state index in [1.54, 1.807) is 0 Å². The first-order valence-electron chi connectivity index (χ1n) is 10.4. The lowest BCUT2D eigenvalue weighted by molar-refractivity contribution is -0.134. The summed E-state index contributed by atoms with van der Waals surface area (Å²) in [7, 11) is 0. The standard InChI is InChI=1S/C23H25N3O6S/c27-20(24-9-10-33-14-22(29)30)11-25-21(28)12-26-23(31)32-13-19-17-7-3-1-5-15(17)16-6-2-4-8-18(16)19/h1-8,19H,9-14H2,(H,24,27)(H,25,28)(H,26,31)(H,29,30). The highest BCUT2D eigenvalue weighted by molar-refractivity contribution is 7.99. The van der Waals surface area contributed by atoms with Crippen molar-refractivity contribution >= 4 is 35.6 Å². The first-order valence-corrected chi connectivity index (χ1v) is 11.5. The predicted molar refractivity (Wildman–Crippen MR) is 124 cm³/mol. The first-order chi connectivity index (χ1) is 16.0. The van der Waals surface area contributed by atoms with Crippen molar-refractivity contribution in [2.75, 3.05) is 37.7 Å². The van der Waals surface area contributed by atoms with E-state index < -0.39 is 23.9 Å². The molecular formula is C23H25N3O6S. The molecule has 1 aliphatic rings. The summed E-state index contributed by atoms with van der Waals surface area (Å²) in [6.07, 6.45) is -0.716. The highest BCUT2D eigenvalue weighted by Gasteiger charge is 2.29. The fourth-order valence-electron chi connectivity index (χ4n) is 3.53. The number of alkyl carbamates (subject to hydrolysis) is 1. The highest BCUT2D eigenvalue weighted by atomic mass is 32.2. The van der Waals surface area contributed by atoms with E-state index in [9.17, 15) is 19.2 Å². The molecule has 0 fully saturated rings. The molecule has 2 aromatic carbocycles. The van der Waals surface area contributed by atoms with Crippen molar-refractivity contribution in [3.63, 3.8) is 0 Å². The van der Waals surface area contributed by atoms with Gasteiger partial charge in [0, 0.05) is 18.2 Å². The summed E-state index contributed by atoms with van der Waals surface area (Å²) < 4.78 is 5.36. The zero-order chi connectivity index (χ0) is 23.6. The molecule has 3 rings (SSSR count). The molecule has 33 heavy (non-hydrogen) atoms. The van der Waals surface area contributed by atoms with Gasteiger partial charge >= 0.3 is 12.1 Å². The second kappa shape index (κ2) is 11.9. The molecule has 0 aromatic heterocycles. The number of aliphatic carboxylic acids is 1. The number of carbonyl (C=O) groups excluding carboxylic acids is 3. The minimum Gasteiger partial charge on any atom is -0.481 e. The summed E-state index contributed by atoms with van der Waals surface area (Å²) in [4.78, 5) is 46.0. The van der Waals surface area contributed by atoms with Gasteiger partial charge in [0.1, 0.15) is 13.2 Å². The summed E-state index contributed by atoms with van der Waals surface area (Å²) in [5.74, 6) is -1.50. The maximum Gasteiger partial charge on any atom is 0.407 e. The van der Waals surface area contributed by atoms with E-state index in [2.05, 4.69) is 16.0 Å². The molecule has 0 radical (unpaired) electrons. The van der Waals surface area contributed by atoms with Crippen molar-refractivity contribution < 1.29 is 29.0 Å². The van der Waals surface area contributed by atoms with Crippen LogP contribution >= 0.6 is 11.8 Å². The van der Waals surface area contributed by atoms with Crippen LogP contribution < -0.4 is 16.0 Å². The van der Waals surface area contributed by atoms with E-state index in [1.165, 1.54) is 11.8 Å². The van der Waals surface area contributed by atoms with Crippen LogP contribution in [0.15, 0.2) is 48.5 Å². The maximum atomic E-state index is 12.1. The van der Waals surface area contributed by atoms with Gasteiger partial charge in [-0.1, -0.05) is 48.5 Å². The number of rotatable bonds is 11. The lowest BCUT2D eigenvalue weighted by atomic mass is 9.98. The molecule has 10 heteroatoms. The Hall–Kier alpha value is -3.53. The molecule has 0 aliphatic heterocycles. The number of hydrogen-bond donors (Lipinski definition) is 4. The van der Waals surface area contributed by atoms with Gasteiger partial charge in [0.2, 0.25) is 11.8 Å². The molecule has 0 unspecified atom stereocenters. The quantitative estimate of drug-likeness (QED) is 0.366. The van der Waals surface area contributed by atoms with Crippen LogP contribution in [0.5, 0.6) is 0 Å². The number of carbonyl (C=O) groups is 4. The summed E-state index contributed by atoms with van der Waals surface area (Å²) in [5, 5.41) is 15.9. The number of thioether (sulfide) groups is 1. The Labute approximate surface area is 195 Å². The fraction of sp³-hybridized carbons (Fsp3) is 0.304. The van der Waals surface area contributed by atoms with Crippen molar-refractivity contribution in [3.8, 4) is 11.1 Å². The van der Waals surface area contributed by atoms with Gasteiger partial charge in [0.15, 0.2) is 0 Å². The molecule has 0 saturated carbocycles. The van der Waals surface area contributed by atoms with Crippen molar-refractivity contribution in [2.45, 2.75) is 5.92 Å². The van der Waals surface area contributed by atoms with Gasteiger partial charge in [0.25, 0.3) is 0 Å². The summed E-state index contributed by atoms with van der Waals surface area (Å²) in [6.45, 7) is -0.123. The summed E-state index contributed by atoms with van der Waals surface area (Å²) >= 11 is 1.18. The van der Waals surface area contributed by atoms with E-state index in [0.717, 1.165) is 22.3 Å². The Morgan fingerprint density at radius 2 is 1.42 bits per heavy atom. The molecule has 0 saturated heterocycles. The maximum absolute atomic E-state index is 12.1. The number of benzene rings is 2. The SMILES string of the molecule is O=C(O)CSCCNC(=O)CNC(=O)CNC(=O)OCC1c2ccccc2-c2ccccc21. The Balaban J connectivity index is 1.35. The third kappa shape index (κ3) is 6.98. The van der Waals surface area contributed by atoms with E-state index in [1.807, 2.05) is 48.5 Å². The second-order valence-electron chi connectivity index (χ2n) is 7.25. The topological polar surface area (TPSA) is 134 Å². The molecule has 0 bridgehead atoms. The van der Waals surface area contributed by atoms with Gasteiger partial charge in [-0.2, -0.15) is 0 Å². The molecule has 3 amide bonds. The van der Waals surface area contributed by atoms with Crippen LogP contribution in [-0.2, 0) is 19.1 Å². The zero-order valence-electron chi connectivity index (χ0n) is 17.8. The van der Waals surface area contributed by atoms with Gasteiger partial charge in [-0.25, -0.2) is 4.79 Å². The van der Waals surface area contributed by atoms with Gasteiger partial charge in [0.05, 0.1) is 12.3 Å². The monoisotopic (exact) mass is 471 g/mol. The van der Waals surface area contributed by atoms with E-state index in [4.69, 9.17) is 9.84 Å². The predicted octanol–water partition coefficient (Wildman–Crippen LogP) is 1.58. The van der Waals surface area contributed by atoms with Gasteiger partial charge < -0.3 is 25.8 Å². The normalized spacial score (nSPS) is 11.8. The molecule has 9 nitrogen and oxygen atoms in total. The lowest BCUT2D eigenvalue weighted by Crippen LogP contribution is -2.42. The molecule has 0 spiro atoms. The lowest BCUT2D eigenvalue weighted by Gasteiger charge is -2.14. The molecule has 4 N–H and O–H groups in total. The highest BCUT2D eigenvalue weighted by Crippen LogP contribution is 2.44. The van der Waals surface area contributed by atoms with Crippen molar-refractivity contribution in [2.24, 2.45) is 0 Å².